The minimum atomic E-state index is 0.0287. The van der Waals surface area contributed by atoms with Crippen molar-refractivity contribution in [1.29, 1.82) is 5.26 Å². The highest BCUT2D eigenvalue weighted by atomic mass is 32.1. The van der Waals surface area contributed by atoms with Crippen LogP contribution in [-0.4, -0.2) is 23.9 Å². The Kier molecular flexibility index (Phi) is 3.58. The number of likely N-dealkylation sites (tertiary alicyclic amines) is 1. The Morgan fingerprint density at radius 3 is 3.25 bits per heavy atom. The molecule has 2 heterocycles. The molecule has 1 aliphatic rings. The molecule has 1 amide bonds. The van der Waals surface area contributed by atoms with Crippen LogP contribution < -0.4 is 0 Å². The molecular formula is C12H14N2OS. The monoisotopic (exact) mass is 234 g/mol. The van der Waals surface area contributed by atoms with Crippen molar-refractivity contribution in [1.82, 2.24) is 4.90 Å². The van der Waals surface area contributed by atoms with Gasteiger partial charge in [-0.15, -0.1) is 11.3 Å². The second kappa shape index (κ2) is 5.13. The molecule has 0 aliphatic carbocycles. The lowest BCUT2D eigenvalue weighted by atomic mass is 9.99. The Morgan fingerprint density at radius 2 is 2.56 bits per heavy atom. The van der Waals surface area contributed by atoms with Crippen LogP contribution in [0.3, 0.4) is 0 Å². The summed E-state index contributed by atoms with van der Waals surface area (Å²) < 4.78 is 0. The van der Waals surface area contributed by atoms with E-state index in [-0.39, 0.29) is 11.8 Å². The smallest absolute Gasteiger partial charge is 0.227 e. The predicted octanol–water partition coefficient (Wildman–Crippen LogP) is 2.05. The Morgan fingerprint density at radius 1 is 1.69 bits per heavy atom. The maximum Gasteiger partial charge on any atom is 0.227 e. The number of carbonyl (C=O) groups is 1. The summed E-state index contributed by atoms with van der Waals surface area (Å²) in [6, 6.07) is 6.20. The second-order valence-corrected chi connectivity index (χ2v) is 5.10. The summed E-state index contributed by atoms with van der Waals surface area (Å²) in [7, 11) is 0. The zero-order chi connectivity index (χ0) is 11.4. The van der Waals surface area contributed by atoms with Gasteiger partial charge in [-0.3, -0.25) is 4.79 Å². The molecule has 84 valence electrons. The fourth-order valence-corrected chi connectivity index (χ4v) is 2.68. The molecular weight excluding hydrogens is 220 g/mol. The van der Waals surface area contributed by atoms with Crippen LogP contribution in [-0.2, 0) is 11.2 Å². The van der Waals surface area contributed by atoms with Gasteiger partial charge in [-0.25, -0.2) is 0 Å². The highest BCUT2D eigenvalue weighted by molar-refractivity contribution is 7.10. The van der Waals surface area contributed by atoms with E-state index in [1.807, 2.05) is 22.4 Å². The predicted molar refractivity (Wildman–Crippen MR) is 62.9 cm³/mol. The van der Waals surface area contributed by atoms with E-state index in [1.54, 1.807) is 11.3 Å². The van der Waals surface area contributed by atoms with Gasteiger partial charge in [-0.1, -0.05) is 6.07 Å². The highest BCUT2D eigenvalue weighted by Crippen LogP contribution is 2.17. The normalized spacial score (nSPS) is 20.4. The van der Waals surface area contributed by atoms with Crippen LogP contribution in [0.15, 0.2) is 17.5 Å². The molecule has 16 heavy (non-hydrogen) atoms. The molecule has 1 fully saturated rings. The van der Waals surface area contributed by atoms with Gasteiger partial charge in [0.15, 0.2) is 0 Å². The molecule has 1 aromatic heterocycles. The lowest BCUT2D eigenvalue weighted by Crippen LogP contribution is -2.40. The van der Waals surface area contributed by atoms with E-state index in [9.17, 15) is 4.79 Å². The minimum Gasteiger partial charge on any atom is -0.341 e. The van der Waals surface area contributed by atoms with E-state index in [1.165, 1.54) is 0 Å². The molecule has 0 unspecified atom stereocenters. The average Bonchev–Trinajstić information content (AvgIpc) is 2.82. The van der Waals surface area contributed by atoms with Crippen LogP contribution in [0.5, 0.6) is 0 Å². The third-order valence-electron chi connectivity index (χ3n) is 2.86. The lowest BCUT2D eigenvalue weighted by Gasteiger charge is -2.29. The molecule has 0 aromatic carbocycles. The molecule has 1 atom stereocenters. The van der Waals surface area contributed by atoms with E-state index in [2.05, 4.69) is 6.07 Å². The van der Waals surface area contributed by atoms with Crippen LogP contribution in [0.2, 0.25) is 0 Å². The quantitative estimate of drug-likeness (QED) is 0.786. The number of rotatable bonds is 2. The molecule has 0 spiro atoms. The van der Waals surface area contributed by atoms with Gasteiger partial charge < -0.3 is 4.90 Å². The zero-order valence-electron chi connectivity index (χ0n) is 9.06. The first kappa shape index (κ1) is 11.2. The Balaban J connectivity index is 1.92. The summed E-state index contributed by atoms with van der Waals surface area (Å²) in [5.41, 5.74) is 0. The van der Waals surface area contributed by atoms with Crippen molar-refractivity contribution < 1.29 is 4.79 Å². The van der Waals surface area contributed by atoms with Gasteiger partial charge >= 0.3 is 0 Å². The Labute approximate surface area is 99.3 Å². The highest BCUT2D eigenvalue weighted by Gasteiger charge is 2.23. The van der Waals surface area contributed by atoms with Crippen molar-refractivity contribution in [2.24, 2.45) is 5.92 Å². The zero-order valence-corrected chi connectivity index (χ0v) is 9.87. The fourth-order valence-electron chi connectivity index (χ4n) is 1.98. The molecule has 4 heteroatoms. The second-order valence-electron chi connectivity index (χ2n) is 4.06. The minimum absolute atomic E-state index is 0.0287. The number of carbonyl (C=O) groups excluding carboxylic acids is 1. The number of hydrogen-bond donors (Lipinski definition) is 0. The van der Waals surface area contributed by atoms with Gasteiger partial charge in [0.2, 0.25) is 5.91 Å². The maximum absolute atomic E-state index is 12.0. The summed E-state index contributed by atoms with van der Waals surface area (Å²) in [5.74, 6) is 0.184. The first-order chi connectivity index (χ1) is 7.79. The molecule has 1 aliphatic heterocycles. The average molecular weight is 234 g/mol. The molecule has 3 nitrogen and oxygen atoms in total. The van der Waals surface area contributed by atoms with Crippen molar-refractivity contribution in [3.63, 3.8) is 0 Å². The van der Waals surface area contributed by atoms with Gasteiger partial charge in [-0.2, -0.15) is 5.26 Å². The van der Waals surface area contributed by atoms with Crippen LogP contribution in [0, 0.1) is 17.2 Å². The van der Waals surface area contributed by atoms with Gasteiger partial charge in [-0.05, 0) is 24.3 Å². The summed E-state index contributed by atoms with van der Waals surface area (Å²) in [4.78, 5) is 14.9. The van der Waals surface area contributed by atoms with Crippen molar-refractivity contribution in [2.45, 2.75) is 19.3 Å². The lowest BCUT2D eigenvalue weighted by molar-refractivity contribution is -0.131. The number of nitrogens with zero attached hydrogens (tertiary/aromatic N) is 2. The molecule has 2 rings (SSSR count). The van der Waals surface area contributed by atoms with Crippen LogP contribution >= 0.6 is 11.3 Å². The standard InChI is InChI=1S/C12H14N2OS/c13-8-10-3-1-5-14(9-10)12(15)7-11-4-2-6-16-11/h2,4,6,10H,1,3,5,7,9H2/t10-/m1/s1. The van der Waals surface area contributed by atoms with Crippen LogP contribution in [0.1, 0.15) is 17.7 Å². The van der Waals surface area contributed by atoms with E-state index in [0.29, 0.717) is 13.0 Å². The number of piperidine rings is 1. The van der Waals surface area contributed by atoms with Gasteiger partial charge in [0.25, 0.3) is 0 Å². The molecule has 0 bridgehead atoms. The van der Waals surface area contributed by atoms with Crippen molar-refractivity contribution in [3.05, 3.63) is 22.4 Å². The maximum atomic E-state index is 12.0. The van der Waals surface area contributed by atoms with Gasteiger partial charge in [0.1, 0.15) is 0 Å². The van der Waals surface area contributed by atoms with Gasteiger partial charge in [0, 0.05) is 18.0 Å². The van der Waals surface area contributed by atoms with Crippen LogP contribution in [0.25, 0.3) is 0 Å². The number of hydrogen-bond acceptors (Lipinski definition) is 3. The third kappa shape index (κ3) is 2.61. The summed E-state index contributed by atoms with van der Waals surface area (Å²) in [6.07, 6.45) is 2.36. The Hall–Kier alpha value is -1.34. The fraction of sp³-hybridized carbons (Fsp3) is 0.500. The number of thiophene rings is 1. The first-order valence-electron chi connectivity index (χ1n) is 5.49. The van der Waals surface area contributed by atoms with Crippen molar-refractivity contribution in [3.8, 4) is 6.07 Å². The molecule has 0 saturated carbocycles. The molecule has 0 N–H and O–H groups in total. The molecule has 0 radical (unpaired) electrons. The largest absolute Gasteiger partial charge is 0.341 e. The Bertz CT molecular complexity index is 394. The van der Waals surface area contributed by atoms with Crippen LogP contribution in [0.4, 0.5) is 0 Å². The SMILES string of the molecule is N#C[C@H]1CCCN(C(=O)Cc2cccs2)C1. The van der Waals surface area contributed by atoms with Gasteiger partial charge in [0.05, 0.1) is 18.4 Å². The summed E-state index contributed by atoms with van der Waals surface area (Å²) in [6.45, 7) is 1.42. The van der Waals surface area contributed by atoms with Crippen molar-refractivity contribution in [2.75, 3.05) is 13.1 Å². The first-order valence-corrected chi connectivity index (χ1v) is 6.37. The van der Waals surface area contributed by atoms with E-state index in [4.69, 9.17) is 5.26 Å². The topological polar surface area (TPSA) is 44.1 Å². The summed E-state index contributed by atoms with van der Waals surface area (Å²) in [5, 5.41) is 10.8. The number of nitriles is 1. The van der Waals surface area contributed by atoms with Crippen molar-refractivity contribution >= 4 is 17.2 Å². The third-order valence-corrected chi connectivity index (χ3v) is 3.74. The summed E-state index contributed by atoms with van der Waals surface area (Å²) >= 11 is 1.61. The molecule has 1 aromatic rings. The molecule has 1 saturated heterocycles. The van der Waals surface area contributed by atoms with E-state index < -0.39 is 0 Å². The number of amides is 1. The van der Waals surface area contributed by atoms with E-state index in [0.717, 1.165) is 24.3 Å². The van der Waals surface area contributed by atoms with E-state index >= 15 is 0 Å².